The lowest BCUT2D eigenvalue weighted by molar-refractivity contribution is 0.0641. The molecule has 0 radical (unpaired) electrons. The van der Waals surface area contributed by atoms with E-state index in [1.807, 2.05) is 13.8 Å². The minimum Gasteiger partial charge on any atom is -0.298 e. The van der Waals surface area contributed by atoms with Gasteiger partial charge in [-0.2, -0.15) is 0 Å². The van der Waals surface area contributed by atoms with Gasteiger partial charge in [0.05, 0.1) is 28.2 Å². The molecule has 0 atom stereocenters. The summed E-state index contributed by atoms with van der Waals surface area (Å²) in [6.07, 6.45) is 1.16. The van der Waals surface area contributed by atoms with E-state index in [2.05, 4.69) is 10.3 Å². The highest BCUT2D eigenvalue weighted by molar-refractivity contribution is 7.17. The van der Waals surface area contributed by atoms with Crippen LogP contribution in [0.2, 0.25) is 0 Å². The van der Waals surface area contributed by atoms with Gasteiger partial charge in [0.1, 0.15) is 0 Å². The highest BCUT2D eigenvalue weighted by Gasteiger charge is 2.35. The largest absolute Gasteiger partial charge is 0.298 e. The van der Waals surface area contributed by atoms with E-state index in [0.717, 1.165) is 5.69 Å². The number of Topliss-reactive ketones (excluding diaryl/α,β-unsaturated/α-hetero) is 1. The third kappa shape index (κ3) is 3.87. The van der Waals surface area contributed by atoms with E-state index in [4.69, 9.17) is 0 Å². The molecule has 2 heterocycles. The Labute approximate surface area is 194 Å². The Balaban J connectivity index is 1.32. The molecule has 0 bridgehead atoms. The van der Waals surface area contributed by atoms with Gasteiger partial charge in [0.2, 0.25) is 0 Å². The molecule has 0 spiro atoms. The highest BCUT2D eigenvalue weighted by atomic mass is 32.1. The van der Waals surface area contributed by atoms with Crippen LogP contribution in [-0.2, 0) is 13.0 Å². The molecule has 166 valence electrons. The number of amides is 3. The number of carbonyl (C=O) groups is 4. The second kappa shape index (κ2) is 7.74. The maximum absolute atomic E-state index is 12.9. The van der Waals surface area contributed by atoms with Crippen LogP contribution in [0.3, 0.4) is 0 Å². The first-order valence-corrected chi connectivity index (χ1v) is 11.4. The van der Waals surface area contributed by atoms with Crippen LogP contribution >= 0.6 is 11.3 Å². The van der Waals surface area contributed by atoms with Crippen LogP contribution in [0.4, 0.5) is 5.13 Å². The van der Waals surface area contributed by atoms with E-state index in [-0.39, 0.29) is 35.5 Å². The summed E-state index contributed by atoms with van der Waals surface area (Å²) in [7, 11) is 0. The zero-order chi connectivity index (χ0) is 23.3. The lowest BCUT2D eigenvalue weighted by Gasteiger charge is -2.26. The number of thiazole rings is 1. The molecule has 0 saturated heterocycles. The van der Waals surface area contributed by atoms with E-state index >= 15 is 0 Å². The van der Waals surface area contributed by atoms with Crippen LogP contribution in [0.15, 0.2) is 48.5 Å². The van der Waals surface area contributed by atoms with Gasteiger partial charge in [-0.05, 0) is 41.7 Å². The van der Waals surface area contributed by atoms with E-state index in [9.17, 15) is 19.2 Å². The molecule has 1 aromatic heterocycles. The molecule has 3 aromatic rings. The summed E-state index contributed by atoms with van der Waals surface area (Å²) in [5.74, 6) is -0.989. The second-order valence-electron chi connectivity index (χ2n) is 9.13. The first-order valence-electron chi connectivity index (χ1n) is 10.6. The molecule has 3 amide bonds. The number of fused-ring (bicyclic) bond motifs is 2. The summed E-state index contributed by atoms with van der Waals surface area (Å²) in [4.78, 5) is 56.8. The van der Waals surface area contributed by atoms with Gasteiger partial charge in [0.15, 0.2) is 10.9 Å². The summed E-state index contributed by atoms with van der Waals surface area (Å²) in [6, 6.07) is 13.5. The van der Waals surface area contributed by atoms with Crippen molar-refractivity contribution in [2.45, 2.75) is 33.2 Å². The number of carbonyl (C=O) groups excluding carboxylic acids is 4. The molecule has 33 heavy (non-hydrogen) atoms. The normalized spacial score (nSPS) is 16.5. The molecule has 8 heteroatoms. The molecule has 2 aromatic carbocycles. The molecule has 0 fully saturated rings. The van der Waals surface area contributed by atoms with Crippen molar-refractivity contribution in [2.75, 3.05) is 5.32 Å². The van der Waals surface area contributed by atoms with Gasteiger partial charge < -0.3 is 0 Å². The Bertz CT molecular complexity index is 1310. The molecular formula is C25H21N3O4S. The number of ketones is 1. The van der Waals surface area contributed by atoms with Gasteiger partial charge in [-0.25, -0.2) is 4.98 Å². The van der Waals surface area contributed by atoms with E-state index in [0.29, 0.717) is 45.1 Å². The predicted molar refractivity (Wildman–Crippen MR) is 124 cm³/mol. The maximum atomic E-state index is 12.9. The van der Waals surface area contributed by atoms with Gasteiger partial charge in [-0.15, -0.1) is 0 Å². The predicted octanol–water partition coefficient (Wildman–Crippen LogP) is 4.35. The molecule has 1 aliphatic carbocycles. The molecule has 1 aliphatic heterocycles. The number of benzene rings is 2. The molecule has 0 saturated carbocycles. The standard InChI is InChI=1S/C25H21N3O4S/c1-25(2)11-18-20(19(29)12-25)33-24(26-18)27-21(30)15-7-5-6-14(10-15)13-28-22(31)16-8-3-4-9-17(16)23(28)32/h3-10H,11-13H2,1-2H3,(H,26,27,30). The zero-order valence-corrected chi connectivity index (χ0v) is 19.0. The molecule has 5 rings (SSSR count). The first-order chi connectivity index (χ1) is 15.7. The van der Waals surface area contributed by atoms with Crippen molar-refractivity contribution in [3.8, 4) is 0 Å². The summed E-state index contributed by atoms with van der Waals surface area (Å²) >= 11 is 1.20. The van der Waals surface area contributed by atoms with Crippen molar-refractivity contribution < 1.29 is 19.2 Å². The number of hydrogen-bond acceptors (Lipinski definition) is 6. The fourth-order valence-corrected chi connectivity index (χ4v) is 5.23. The van der Waals surface area contributed by atoms with E-state index in [1.165, 1.54) is 16.2 Å². The zero-order valence-electron chi connectivity index (χ0n) is 18.2. The average molecular weight is 460 g/mol. The fraction of sp³-hybridized carbons (Fsp3) is 0.240. The Kier molecular flexibility index (Phi) is 4.97. The van der Waals surface area contributed by atoms with Gasteiger partial charge in [0, 0.05) is 12.0 Å². The summed E-state index contributed by atoms with van der Waals surface area (Å²) in [5.41, 5.74) is 2.41. The van der Waals surface area contributed by atoms with Crippen molar-refractivity contribution >= 4 is 40.0 Å². The van der Waals surface area contributed by atoms with Gasteiger partial charge >= 0.3 is 0 Å². The highest BCUT2D eigenvalue weighted by Crippen LogP contribution is 2.38. The van der Waals surface area contributed by atoms with Crippen molar-refractivity contribution in [1.29, 1.82) is 0 Å². The van der Waals surface area contributed by atoms with Gasteiger partial charge in [-0.1, -0.05) is 49.4 Å². The van der Waals surface area contributed by atoms with Crippen LogP contribution in [0, 0.1) is 5.41 Å². The van der Waals surface area contributed by atoms with Crippen molar-refractivity contribution in [2.24, 2.45) is 5.41 Å². The van der Waals surface area contributed by atoms with Crippen LogP contribution in [0.1, 0.15) is 72.3 Å². The van der Waals surface area contributed by atoms with Crippen LogP contribution < -0.4 is 5.32 Å². The quantitative estimate of drug-likeness (QED) is 0.585. The number of aromatic nitrogens is 1. The van der Waals surface area contributed by atoms with Crippen LogP contribution in [0.5, 0.6) is 0 Å². The minimum atomic E-state index is -0.364. The Morgan fingerprint density at radius 1 is 1.03 bits per heavy atom. The third-order valence-corrected chi connectivity index (χ3v) is 6.92. The topological polar surface area (TPSA) is 96.4 Å². The molecule has 2 aliphatic rings. The number of anilines is 1. The maximum Gasteiger partial charge on any atom is 0.261 e. The third-order valence-electron chi connectivity index (χ3n) is 5.86. The number of nitrogens with one attached hydrogen (secondary N) is 1. The summed E-state index contributed by atoms with van der Waals surface area (Å²) < 4.78 is 0. The van der Waals surface area contributed by atoms with Gasteiger partial charge in [0.25, 0.3) is 17.7 Å². The Hall–Kier alpha value is -3.65. The van der Waals surface area contributed by atoms with Crippen LogP contribution in [-0.4, -0.2) is 33.4 Å². The van der Waals surface area contributed by atoms with Crippen LogP contribution in [0.25, 0.3) is 0 Å². The first kappa shape index (κ1) is 21.2. The Morgan fingerprint density at radius 2 is 1.73 bits per heavy atom. The minimum absolute atomic E-state index is 0.0576. The van der Waals surface area contributed by atoms with Crippen molar-refractivity contribution in [3.05, 3.63) is 81.4 Å². The lowest BCUT2D eigenvalue weighted by atomic mass is 9.78. The van der Waals surface area contributed by atoms with Crippen molar-refractivity contribution in [3.63, 3.8) is 0 Å². The second-order valence-corrected chi connectivity index (χ2v) is 10.1. The Morgan fingerprint density at radius 3 is 2.42 bits per heavy atom. The SMILES string of the molecule is CC1(C)CC(=O)c2sc(NC(=O)c3cccc(CN4C(=O)c5ccccc5C4=O)c3)nc2C1. The average Bonchev–Trinajstić information content (AvgIpc) is 3.27. The summed E-state index contributed by atoms with van der Waals surface area (Å²) in [5, 5.41) is 3.18. The molecular weight excluding hydrogens is 438 g/mol. The molecule has 7 nitrogen and oxygen atoms in total. The smallest absolute Gasteiger partial charge is 0.261 e. The number of nitrogens with zero attached hydrogens (tertiary/aromatic N) is 2. The number of rotatable bonds is 4. The van der Waals surface area contributed by atoms with E-state index in [1.54, 1.807) is 48.5 Å². The lowest BCUT2D eigenvalue weighted by Crippen LogP contribution is -2.29. The molecule has 1 N–H and O–H groups in total. The monoisotopic (exact) mass is 459 g/mol. The van der Waals surface area contributed by atoms with Crippen molar-refractivity contribution in [1.82, 2.24) is 9.88 Å². The fourth-order valence-electron chi connectivity index (χ4n) is 4.32. The van der Waals surface area contributed by atoms with E-state index < -0.39 is 0 Å². The summed E-state index contributed by atoms with van der Waals surface area (Å²) in [6.45, 7) is 4.14. The number of hydrogen-bond donors (Lipinski definition) is 1. The van der Waals surface area contributed by atoms with Gasteiger partial charge in [-0.3, -0.25) is 29.4 Å². The number of imide groups is 1. The molecule has 0 unspecified atom stereocenters.